The number of unbranched alkanes of at least 4 members (excludes halogenated alkanes) is 3. The molecule has 2 N–H and O–H groups in total. The van der Waals surface area contributed by atoms with Gasteiger partial charge in [-0.05, 0) is 24.0 Å². The van der Waals surface area contributed by atoms with E-state index >= 15 is 0 Å². The Balaban J connectivity index is 1.44. The summed E-state index contributed by atoms with van der Waals surface area (Å²) in [6.45, 7) is 0.961. The van der Waals surface area contributed by atoms with Crippen molar-refractivity contribution in [2.75, 3.05) is 6.54 Å². The predicted molar refractivity (Wildman–Crippen MR) is 110 cm³/mol. The Morgan fingerprint density at radius 1 is 0.793 bits per heavy atom. The van der Waals surface area contributed by atoms with Gasteiger partial charge in [0.2, 0.25) is 0 Å². The van der Waals surface area contributed by atoms with Crippen LogP contribution in [0.1, 0.15) is 43.2 Å². The molecule has 1 atom stereocenters. The molecule has 0 aliphatic heterocycles. The number of ether oxygens (including phenoxy) is 2. The van der Waals surface area contributed by atoms with Gasteiger partial charge in [-0.1, -0.05) is 79.9 Å². The van der Waals surface area contributed by atoms with E-state index in [9.17, 15) is 14.7 Å². The van der Waals surface area contributed by atoms with Crippen LogP contribution in [0.25, 0.3) is 0 Å². The summed E-state index contributed by atoms with van der Waals surface area (Å²) >= 11 is 0. The Kier molecular flexibility index (Phi) is 10.3. The van der Waals surface area contributed by atoms with Gasteiger partial charge in [-0.2, -0.15) is 0 Å². The molecule has 156 valence electrons. The number of carbonyl (C=O) groups is 2. The number of hydrogen-bond donors (Lipinski definition) is 2. The van der Waals surface area contributed by atoms with E-state index in [2.05, 4.69) is 5.32 Å². The minimum atomic E-state index is -1.09. The molecule has 0 saturated carbocycles. The molecule has 0 radical (unpaired) electrons. The van der Waals surface area contributed by atoms with E-state index in [-0.39, 0.29) is 13.2 Å². The molecule has 0 aliphatic rings. The van der Waals surface area contributed by atoms with Gasteiger partial charge in [0.15, 0.2) is 6.10 Å². The first-order chi connectivity index (χ1) is 14.1. The third-order valence-electron chi connectivity index (χ3n) is 4.38. The van der Waals surface area contributed by atoms with Gasteiger partial charge in [0.25, 0.3) is 0 Å². The van der Waals surface area contributed by atoms with Crippen LogP contribution in [0, 0.1) is 0 Å². The summed E-state index contributed by atoms with van der Waals surface area (Å²) in [6.07, 6.45) is 2.15. The van der Waals surface area contributed by atoms with E-state index < -0.39 is 18.2 Å². The zero-order valence-electron chi connectivity index (χ0n) is 16.6. The Morgan fingerprint density at radius 3 is 1.97 bits per heavy atom. The summed E-state index contributed by atoms with van der Waals surface area (Å²) in [6, 6.07) is 18.9. The van der Waals surface area contributed by atoms with Crippen LogP contribution < -0.4 is 5.32 Å². The molecule has 0 heterocycles. The number of aliphatic hydroxyl groups excluding tert-OH is 1. The Morgan fingerprint density at radius 2 is 1.34 bits per heavy atom. The molecule has 2 rings (SSSR count). The molecule has 0 bridgehead atoms. The molecule has 0 aromatic heterocycles. The van der Waals surface area contributed by atoms with E-state index in [1.165, 1.54) is 0 Å². The molecule has 0 fully saturated rings. The van der Waals surface area contributed by atoms with E-state index in [0.717, 1.165) is 36.8 Å². The van der Waals surface area contributed by atoms with E-state index in [0.29, 0.717) is 13.0 Å². The lowest BCUT2D eigenvalue weighted by Crippen LogP contribution is -2.25. The molecule has 6 nitrogen and oxygen atoms in total. The summed E-state index contributed by atoms with van der Waals surface area (Å²) in [7, 11) is 0. The van der Waals surface area contributed by atoms with Crippen LogP contribution >= 0.6 is 0 Å². The zero-order valence-corrected chi connectivity index (χ0v) is 16.6. The van der Waals surface area contributed by atoms with Gasteiger partial charge >= 0.3 is 12.1 Å². The highest BCUT2D eigenvalue weighted by Crippen LogP contribution is 2.09. The van der Waals surface area contributed by atoms with Gasteiger partial charge < -0.3 is 19.9 Å². The fraction of sp³-hybridized carbons (Fsp3) is 0.391. The number of aliphatic hydroxyl groups is 1. The molecule has 6 heteroatoms. The molecule has 1 amide bonds. The molecular formula is C23H29NO5. The maximum Gasteiger partial charge on any atom is 0.407 e. The normalized spacial score (nSPS) is 11.5. The van der Waals surface area contributed by atoms with Crippen LogP contribution in [0.15, 0.2) is 60.7 Å². The van der Waals surface area contributed by atoms with Crippen molar-refractivity contribution in [3.8, 4) is 0 Å². The van der Waals surface area contributed by atoms with Crippen LogP contribution in [0.3, 0.4) is 0 Å². The van der Waals surface area contributed by atoms with Gasteiger partial charge in [0.1, 0.15) is 13.2 Å². The molecular weight excluding hydrogens is 370 g/mol. The second-order valence-electron chi connectivity index (χ2n) is 6.80. The first-order valence-electron chi connectivity index (χ1n) is 9.98. The maximum atomic E-state index is 11.8. The highest BCUT2D eigenvalue weighted by atomic mass is 16.6. The average molecular weight is 399 g/mol. The first-order valence-corrected chi connectivity index (χ1v) is 9.98. The van der Waals surface area contributed by atoms with Crippen molar-refractivity contribution in [2.24, 2.45) is 0 Å². The highest BCUT2D eigenvalue weighted by molar-refractivity contribution is 5.74. The number of rotatable bonds is 12. The lowest BCUT2D eigenvalue weighted by Gasteiger charge is -2.11. The van der Waals surface area contributed by atoms with Crippen LogP contribution in [0.5, 0.6) is 0 Å². The minimum absolute atomic E-state index is 0.169. The number of alkyl carbamates (subject to hydrolysis) is 1. The maximum absolute atomic E-state index is 11.8. The van der Waals surface area contributed by atoms with Crippen molar-refractivity contribution in [2.45, 2.75) is 51.4 Å². The van der Waals surface area contributed by atoms with Crippen LogP contribution in [-0.4, -0.2) is 29.8 Å². The molecule has 0 spiro atoms. The van der Waals surface area contributed by atoms with Crippen molar-refractivity contribution < 1.29 is 24.2 Å². The number of amides is 1. The lowest BCUT2D eigenvalue weighted by atomic mass is 10.1. The third kappa shape index (κ3) is 9.76. The van der Waals surface area contributed by atoms with E-state index in [1.807, 2.05) is 60.7 Å². The number of nitrogens with one attached hydrogen (secondary N) is 1. The molecule has 1 unspecified atom stereocenters. The summed E-state index contributed by atoms with van der Waals surface area (Å²) in [4.78, 5) is 23.4. The fourth-order valence-corrected chi connectivity index (χ4v) is 2.72. The minimum Gasteiger partial charge on any atom is -0.459 e. The topological polar surface area (TPSA) is 84.9 Å². The Bertz CT molecular complexity index is 721. The van der Waals surface area contributed by atoms with Gasteiger partial charge in [-0.3, -0.25) is 0 Å². The van der Waals surface area contributed by atoms with Gasteiger partial charge in [0, 0.05) is 6.54 Å². The van der Waals surface area contributed by atoms with Gasteiger partial charge in [-0.15, -0.1) is 0 Å². The summed E-state index contributed by atoms with van der Waals surface area (Å²) in [5, 5.41) is 12.6. The standard InChI is InChI=1S/C23H29NO5/c25-21(22(26)28-17-19-11-5-3-6-12-19)15-9-1-2-10-16-24-23(27)29-18-20-13-7-4-8-14-20/h3-8,11-14,21,25H,1-2,9-10,15-18H2,(H,24,27). The smallest absolute Gasteiger partial charge is 0.407 e. The largest absolute Gasteiger partial charge is 0.459 e. The van der Waals surface area contributed by atoms with Crippen LogP contribution in [-0.2, 0) is 27.5 Å². The number of hydrogen-bond acceptors (Lipinski definition) is 5. The lowest BCUT2D eigenvalue weighted by molar-refractivity contribution is -0.155. The quantitative estimate of drug-likeness (QED) is 0.417. The van der Waals surface area contributed by atoms with Gasteiger partial charge in [-0.25, -0.2) is 9.59 Å². The molecule has 0 saturated heterocycles. The van der Waals surface area contributed by atoms with Crippen LogP contribution in [0.4, 0.5) is 4.79 Å². The molecule has 2 aromatic carbocycles. The summed E-state index contributed by atoms with van der Waals surface area (Å²) < 4.78 is 10.3. The SMILES string of the molecule is O=C(NCCCCCCC(O)C(=O)OCc1ccccc1)OCc1ccccc1. The van der Waals surface area contributed by atoms with Crippen molar-refractivity contribution in [3.05, 3.63) is 71.8 Å². The summed E-state index contributed by atoms with van der Waals surface area (Å²) in [5.74, 6) is -0.586. The Hall–Kier alpha value is -2.86. The second-order valence-corrected chi connectivity index (χ2v) is 6.80. The van der Waals surface area contributed by atoms with Crippen molar-refractivity contribution in [3.63, 3.8) is 0 Å². The number of esters is 1. The van der Waals surface area contributed by atoms with Crippen molar-refractivity contribution in [1.29, 1.82) is 0 Å². The average Bonchev–Trinajstić information content (AvgIpc) is 2.76. The third-order valence-corrected chi connectivity index (χ3v) is 4.38. The number of benzene rings is 2. The summed E-state index contributed by atoms with van der Waals surface area (Å²) in [5.41, 5.74) is 1.84. The van der Waals surface area contributed by atoms with Crippen molar-refractivity contribution >= 4 is 12.1 Å². The van der Waals surface area contributed by atoms with E-state index in [4.69, 9.17) is 9.47 Å². The first kappa shape index (κ1) is 22.4. The van der Waals surface area contributed by atoms with E-state index in [1.54, 1.807) is 0 Å². The molecule has 2 aromatic rings. The highest BCUT2D eigenvalue weighted by Gasteiger charge is 2.16. The zero-order chi connectivity index (χ0) is 20.7. The fourth-order valence-electron chi connectivity index (χ4n) is 2.72. The van der Waals surface area contributed by atoms with Crippen LogP contribution in [0.2, 0.25) is 0 Å². The predicted octanol–water partition coefficient (Wildman–Crippen LogP) is 3.97. The second kappa shape index (κ2) is 13.3. The molecule has 0 aliphatic carbocycles. The Labute approximate surface area is 171 Å². The number of carbonyl (C=O) groups excluding carboxylic acids is 2. The van der Waals surface area contributed by atoms with Crippen molar-refractivity contribution in [1.82, 2.24) is 5.32 Å². The molecule has 29 heavy (non-hydrogen) atoms. The monoisotopic (exact) mass is 399 g/mol. The van der Waals surface area contributed by atoms with Gasteiger partial charge in [0.05, 0.1) is 0 Å².